The molecule has 5 nitrogen and oxygen atoms in total. The lowest BCUT2D eigenvalue weighted by molar-refractivity contribution is -0.136. The van der Waals surface area contributed by atoms with E-state index in [9.17, 15) is 9.59 Å². The number of aryl methyl sites for hydroxylation is 1. The monoisotopic (exact) mass is 387 g/mol. The number of amides is 1. The smallest absolute Gasteiger partial charge is 0.354 e. The van der Waals surface area contributed by atoms with E-state index in [4.69, 9.17) is 9.47 Å². The maximum atomic E-state index is 12.4. The van der Waals surface area contributed by atoms with Crippen molar-refractivity contribution < 1.29 is 19.1 Å². The second-order valence-corrected chi connectivity index (χ2v) is 6.31. The van der Waals surface area contributed by atoms with Crippen molar-refractivity contribution >= 4 is 18.0 Å². The summed E-state index contributed by atoms with van der Waals surface area (Å²) in [6.45, 7) is 1.98. The molecular formula is C24H21NO4. The van der Waals surface area contributed by atoms with Crippen molar-refractivity contribution in [3.05, 3.63) is 101 Å². The van der Waals surface area contributed by atoms with Crippen LogP contribution in [0, 0.1) is 6.92 Å². The number of carbonyl (C=O) groups excluding carboxylic acids is 2. The summed E-state index contributed by atoms with van der Waals surface area (Å²) in [6.07, 6.45) is 1.56. The number of hydrogen-bond acceptors (Lipinski definition) is 4. The number of hydrogen-bond donors (Lipinski definition) is 1. The number of ether oxygens (including phenoxy) is 2. The molecule has 0 unspecified atom stereocenters. The van der Waals surface area contributed by atoms with Crippen molar-refractivity contribution in [1.29, 1.82) is 0 Å². The fourth-order valence-electron chi connectivity index (χ4n) is 2.64. The zero-order valence-corrected chi connectivity index (χ0v) is 16.2. The second kappa shape index (κ2) is 9.37. The SMILES string of the molecule is COC(=O)/C(=C/c1ccc(Oc2ccccc2C)cc1)NC(=O)c1ccccc1. The molecule has 0 saturated carbocycles. The number of rotatable bonds is 6. The lowest BCUT2D eigenvalue weighted by Crippen LogP contribution is -2.28. The van der Waals surface area contributed by atoms with Gasteiger partial charge in [-0.2, -0.15) is 0 Å². The van der Waals surface area contributed by atoms with Gasteiger partial charge in [0.2, 0.25) is 0 Å². The molecule has 3 aromatic rings. The summed E-state index contributed by atoms with van der Waals surface area (Å²) in [5, 5.41) is 2.61. The van der Waals surface area contributed by atoms with Gasteiger partial charge in [-0.05, 0) is 54.5 Å². The van der Waals surface area contributed by atoms with Crippen molar-refractivity contribution in [1.82, 2.24) is 5.32 Å². The summed E-state index contributed by atoms with van der Waals surface area (Å²) in [5.41, 5.74) is 2.25. The Labute approximate surface area is 169 Å². The Morgan fingerprint density at radius 3 is 2.17 bits per heavy atom. The first-order valence-corrected chi connectivity index (χ1v) is 9.07. The standard InChI is InChI=1S/C24H21NO4/c1-17-8-6-7-11-22(17)29-20-14-12-18(13-15-20)16-21(24(27)28-2)25-23(26)19-9-4-3-5-10-19/h3-16H,1-2H3,(H,25,26)/b21-16-. The van der Waals surface area contributed by atoms with Gasteiger partial charge in [-0.15, -0.1) is 0 Å². The molecule has 3 aromatic carbocycles. The summed E-state index contributed by atoms with van der Waals surface area (Å²) < 4.78 is 10.7. The number of methoxy groups -OCH3 is 1. The first kappa shape index (κ1) is 19.9. The normalized spacial score (nSPS) is 10.9. The molecule has 0 spiro atoms. The lowest BCUT2D eigenvalue weighted by atomic mass is 10.1. The van der Waals surface area contributed by atoms with Crippen molar-refractivity contribution in [2.45, 2.75) is 6.92 Å². The van der Waals surface area contributed by atoms with Crippen molar-refractivity contribution in [3.8, 4) is 11.5 Å². The molecule has 0 aliphatic rings. The minimum Gasteiger partial charge on any atom is -0.464 e. The van der Waals surface area contributed by atoms with Crippen molar-refractivity contribution in [3.63, 3.8) is 0 Å². The lowest BCUT2D eigenvalue weighted by Gasteiger charge is -2.10. The number of esters is 1. The molecule has 0 aliphatic carbocycles. The number of nitrogens with one attached hydrogen (secondary N) is 1. The van der Waals surface area contributed by atoms with Gasteiger partial charge in [-0.1, -0.05) is 48.5 Å². The van der Waals surface area contributed by atoms with E-state index in [0.717, 1.165) is 16.9 Å². The second-order valence-electron chi connectivity index (χ2n) is 6.31. The van der Waals surface area contributed by atoms with Crippen LogP contribution in [0.25, 0.3) is 6.08 Å². The highest BCUT2D eigenvalue weighted by molar-refractivity contribution is 6.03. The fraction of sp³-hybridized carbons (Fsp3) is 0.0833. The molecule has 0 saturated heterocycles. The number of carbonyl (C=O) groups is 2. The van der Waals surface area contributed by atoms with Gasteiger partial charge in [0.1, 0.15) is 17.2 Å². The van der Waals surface area contributed by atoms with Crippen LogP contribution in [-0.2, 0) is 9.53 Å². The van der Waals surface area contributed by atoms with E-state index >= 15 is 0 Å². The maximum absolute atomic E-state index is 12.4. The van der Waals surface area contributed by atoms with E-state index in [1.54, 1.807) is 54.6 Å². The van der Waals surface area contributed by atoms with Gasteiger partial charge in [0.05, 0.1) is 7.11 Å². The predicted octanol–water partition coefficient (Wildman–Crippen LogP) is 4.73. The topological polar surface area (TPSA) is 64.6 Å². The van der Waals surface area contributed by atoms with Gasteiger partial charge in [-0.25, -0.2) is 4.79 Å². The minimum atomic E-state index is -0.630. The van der Waals surface area contributed by atoms with E-state index in [2.05, 4.69) is 5.32 Å². The van der Waals surface area contributed by atoms with Crippen LogP contribution in [-0.4, -0.2) is 19.0 Å². The average Bonchev–Trinajstić information content (AvgIpc) is 2.76. The number of benzene rings is 3. The zero-order valence-electron chi connectivity index (χ0n) is 16.2. The van der Waals surface area contributed by atoms with Gasteiger partial charge in [-0.3, -0.25) is 4.79 Å². The highest BCUT2D eigenvalue weighted by atomic mass is 16.5. The molecule has 0 aromatic heterocycles. The molecule has 146 valence electrons. The quantitative estimate of drug-likeness (QED) is 0.490. The van der Waals surface area contributed by atoms with Crippen molar-refractivity contribution in [2.24, 2.45) is 0 Å². The largest absolute Gasteiger partial charge is 0.464 e. The first-order chi connectivity index (χ1) is 14.1. The van der Waals surface area contributed by atoms with Gasteiger partial charge >= 0.3 is 5.97 Å². The summed E-state index contributed by atoms with van der Waals surface area (Å²) in [5.74, 6) is 0.432. The third-order valence-corrected chi connectivity index (χ3v) is 4.20. The van der Waals surface area contributed by atoms with E-state index < -0.39 is 5.97 Å². The third-order valence-electron chi connectivity index (χ3n) is 4.20. The van der Waals surface area contributed by atoms with Crippen LogP contribution >= 0.6 is 0 Å². The first-order valence-electron chi connectivity index (χ1n) is 9.07. The van der Waals surface area contributed by atoms with Crippen LogP contribution < -0.4 is 10.1 Å². The molecule has 0 radical (unpaired) electrons. The molecule has 0 bridgehead atoms. The maximum Gasteiger partial charge on any atom is 0.354 e. The van der Waals surface area contributed by atoms with Gasteiger partial charge in [0.25, 0.3) is 5.91 Å². The molecule has 1 amide bonds. The molecule has 29 heavy (non-hydrogen) atoms. The van der Waals surface area contributed by atoms with E-state index in [-0.39, 0.29) is 11.6 Å². The average molecular weight is 387 g/mol. The van der Waals surface area contributed by atoms with Crippen LogP contribution in [0.15, 0.2) is 84.6 Å². The summed E-state index contributed by atoms with van der Waals surface area (Å²) >= 11 is 0. The number of para-hydroxylation sites is 1. The van der Waals surface area contributed by atoms with Crippen LogP contribution in [0.1, 0.15) is 21.5 Å². The Balaban J connectivity index is 1.78. The third kappa shape index (κ3) is 5.32. The highest BCUT2D eigenvalue weighted by Gasteiger charge is 2.14. The van der Waals surface area contributed by atoms with Gasteiger partial charge in [0.15, 0.2) is 0 Å². The Morgan fingerprint density at radius 2 is 1.52 bits per heavy atom. The summed E-state index contributed by atoms with van der Waals surface area (Å²) in [4.78, 5) is 24.5. The molecule has 5 heteroatoms. The molecule has 0 heterocycles. The summed E-state index contributed by atoms with van der Waals surface area (Å²) in [6, 6.07) is 23.6. The molecule has 1 N–H and O–H groups in total. The van der Waals surface area contributed by atoms with Crippen LogP contribution in [0.4, 0.5) is 0 Å². The van der Waals surface area contributed by atoms with E-state index in [0.29, 0.717) is 11.3 Å². The molecule has 0 fully saturated rings. The summed E-state index contributed by atoms with van der Waals surface area (Å²) in [7, 11) is 1.27. The molecule has 0 aliphatic heterocycles. The van der Waals surface area contributed by atoms with E-state index in [1.807, 2.05) is 37.3 Å². The van der Waals surface area contributed by atoms with Gasteiger partial charge in [0, 0.05) is 5.56 Å². The minimum absolute atomic E-state index is 0.0499. The van der Waals surface area contributed by atoms with E-state index in [1.165, 1.54) is 7.11 Å². The predicted molar refractivity (Wildman–Crippen MR) is 112 cm³/mol. The molecule has 3 rings (SSSR count). The molecule has 0 atom stereocenters. The van der Waals surface area contributed by atoms with Crippen LogP contribution in [0.5, 0.6) is 11.5 Å². The molecular weight excluding hydrogens is 366 g/mol. The Hall–Kier alpha value is -3.86. The zero-order chi connectivity index (χ0) is 20.6. The Morgan fingerprint density at radius 1 is 0.862 bits per heavy atom. The fourth-order valence-corrected chi connectivity index (χ4v) is 2.64. The Kier molecular flexibility index (Phi) is 6.43. The highest BCUT2D eigenvalue weighted by Crippen LogP contribution is 2.25. The van der Waals surface area contributed by atoms with Crippen LogP contribution in [0.3, 0.4) is 0 Å². The van der Waals surface area contributed by atoms with Crippen LogP contribution in [0.2, 0.25) is 0 Å². The van der Waals surface area contributed by atoms with Gasteiger partial charge < -0.3 is 14.8 Å². The Bertz CT molecular complexity index is 1020. The van der Waals surface area contributed by atoms with Crippen molar-refractivity contribution in [2.75, 3.05) is 7.11 Å².